The van der Waals surface area contributed by atoms with Gasteiger partial charge in [0.05, 0.1) is 22.4 Å². The van der Waals surface area contributed by atoms with Gasteiger partial charge in [-0.15, -0.1) is 0 Å². The highest BCUT2D eigenvalue weighted by Crippen LogP contribution is 2.46. The van der Waals surface area contributed by atoms with Crippen LogP contribution in [0, 0.1) is 6.92 Å². The number of likely N-dealkylation sites (N-methyl/N-ethyl adjacent to an activating group) is 1. The lowest BCUT2D eigenvalue weighted by Crippen LogP contribution is -2.29. The van der Waals surface area contributed by atoms with E-state index in [1.54, 1.807) is 12.1 Å². The predicted molar refractivity (Wildman–Crippen MR) is 140 cm³/mol. The number of para-hydroxylation sites is 2. The minimum absolute atomic E-state index is 0.0951. The van der Waals surface area contributed by atoms with Gasteiger partial charge in [-0.2, -0.15) is 0 Å². The smallest absolute Gasteiger partial charge is 0.338 e. The van der Waals surface area contributed by atoms with E-state index in [9.17, 15) is 19.2 Å². The van der Waals surface area contributed by atoms with Gasteiger partial charge >= 0.3 is 5.97 Å². The number of fused-ring (bicyclic) bond motifs is 2. The van der Waals surface area contributed by atoms with Gasteiger partial charge < -0.3 is 9.64 Å². The minimum atomic E-state index is -0.744. The summed E-state index contributed by atoms with van der Waals surface area (Å²) in [6, 6.07) is 19.3. The molecule has 0 spiro atoms. The normalized spacial score (nSPS) is 16.7. The van der Waals surface area contributed by atoms with Crippen LogP contribution in [0.3, 0.4) is 0 Å². The molecule has 7 nitrogen and oxygen atoms in total. The second kappa shape index (κ2) is 8.85. The molecule has 2 aliphatic heterocycles. The quantitative estimate of drug-likeness (QED) is 0.287. The van der Waals surface area contributed by atoms with Crippen LogP contribution in [0.25, 0.3) is 0 Å². The molecule has 3 aromatic carbocycles. The molecule has 0 atom stereocenters. The van der Waals surface area contributed by atoms with E-state index < -0.39 is 24.4 Å². The van der Waals surface area contributed by atoms with Crippen molar-refractivity contribution in [1.82, 2.24) is 0 Å². The van der Waals surface area contributed by atoms with Crippen molar-refractivity contribution in [2.45, 2.75) is 26.2 Å². The first-order valence-electron chi connectivity index (χ1n) is 11.9. The Kier molecular flexibility index (Phi) is 5.79. The van der Waals surface area contributed by atoms with E-state index >= 15 is 0 Å². The minimum Gasteiger partial charge on any atom is -0.454 e. The average Bonchev–Trinajstić information content (AvgIpc) is 3.24. The zero-order valence-corrected chi connectivity index (χ0v) is 21.1. The fraction of sp³-hybridized carbons (Fsp3) is 0.200. The Morgan fingerprint density at radius 2 is 1.54 bits per heavy atom. The van der Waals surface area contributed by atoms with Crippen LogP contribution in [-0.2, 0) is 14.9 Å². The summed E-state index contributed by atoms with van der Waals surface area (Å²) in [6.07, 6.45) is 1.51. The highest BCUT2D eigenvalue weighted by atomic mass is 16.5. The summed E-state index contributed by atoms with van der Waals surface area (Å²) in [5.74, 6) is -2.04. The Morgan fingerprint density at radius 3 is 2.24 bits per heavy atom. The molecule has 3 aromatic rings. The maximum Gasteiger partial charge on any atom is 0.338 e. The van der Waals surface area contributed by atoms with Crippen molar-refractivity contribution in [2.75, 3.05) is 23.5 Å². The largest absolute Gasteiger partial charge is 0.454 e. The third-order valence-corrected chi connectivity index (χ3v) is 7.06. The Bertz CT molecular complexity index is 1520. The van der Waals surface area contributed by atoms with E-state index in [2.05, 4.69) is 0 Å². The predicted octanol–water partition coefficient (Wildman–Crippen LogP) is 4.83. The van der Waals surface area contributed by atoms with Gasteiger partial charge in [0.15, 0.2) is 12.4 Å². The maximum absolute atomic E-state index is 13.1. The fourth-order valence-corrected chi connectivity index (χ4v) is 5.07. The molecule has 37 heavy (non-hydrogen) atoms. The van der Waals surface area contributed by atoms with E-state index in [4.69, 9.17) is 4.74 Å². The van der Waals surface area contributed by atoms with Crippen molar-refractivity contribution >= 4 is 34.9 Å². The maximum atomic E-state index is 13.1. The molecular formula is C30H26N2O5. The number of ketones is 1. The van der Waals surface area contributed by atoms with Gasteiger partial charge in [-0.3, -0.25) is 14.4 Å². The summed E-state index contributed by atoms with van der Waals surface area (Å²) < 4.78 is 5.27. The zero-order chi connectivity index (χ0) is 26.5. The fourth-order valence-electron chi connectivity index (χ4n) is 5.07. The number of ether oxygens (including phenoxy) is 1. The van der Waals surface area contributed by atoms with Crippen LogP contribution in [0.2, 0.25) is 0 Å². The number of nitrogens with zero attached hydrogens (tertiary/aromatic N) is 2. The Labute approximate surface area is 215 Å². The first kappa shape index (κ1) is 24.2. The van der Waals surface area contributed by atoms with Crippen LogP contribution in [0.15, 0.2) is 78.5 Å². The molecule has 2 amide bonds. The second-order valence-electron chi connectivity index (χ2n) is 9.77. The summed E-state index contributed by atoms with van der Waals surface area (Å²) in [7, 11) is 1.90. The number of esters is 1. The number of carbonyl (C=O) groups is 4. The molecule has 186 valence electrons. The first-order chi connectivity index (χ1) is 17.6. The number of rotatable bonds is 5. The lowest BCUT2D eigenvalue weighted by atomic mass is 9.83. The van der Waals surface area contributed by atoms with Crippen LogP contribution in [0.1, 0.15) is 56.0 Å². The summed E-state index contributed by atoms with van der Waals surface area (Å²) in [5.41, 5.74) is 4.31. The molecule has 0 fully saturated rings. The van der Waals surface area contributed by atoms with Gasteiger partial charge in [-0.1, -0.05) is 50.2 Å². The number of allylic oxidation sites excluding steroid dienone is 1. The monoisotopic (exact) mass is 494 g/mol. The number of hydrogen-bond acceptors (Lipinski definition) is 6. The van der Waals surface area contributed by atoms with Gasteiger partial charge in [0.2, 0.25) is 0 Å². The van der Waals surface area contributed by atoms with E-state index in [0.717, 1.165) is 27.4 Å². The molecular weight excluding hydrogens is 468 g/mol. The van der Waals surface area contributed by atoms with Crippen LogP contribution >= 0.6 is 0 Å². The molecule has 0 saturated heterocycles. The number of amides is 2. The Balaban J connectivity index is 1.31. The number of imide groups is 1. The van der Waals surface area contributed by atoms with Gasteiger partial charge in [0.25, 0.3) is 11.8 Å². The van der Waals surface area contributed by atoms with Crippen LogP contribution in [-0.4, -0.2) is 37.2 Å². The first-order valence-corrected chi connectivity index (χ1v) is 11.9. The molecule has 2 heterocycles. The summed E-state index contributed by atoms with van der Waals surface area (Å²) in [6.45, 7) is 5.46. The number of aryl methyl sites for hydroxylation is 1. The van der Waals surface area contributed by atoms with Gasteiger partial charge in [0, 0.05) is 29.9 Å². The third-order valence-electron chi connectivity index (χ3n) is 7.06. The van der Waals surface area contributed by atoms with Crippen molar-refractivity contribution in [1.29, 1.82) is 0 Å². The number of anilines is 2. The highest BCUT2D eigenvalue weighted by Gasteiger charge is 2.39. The SMILES string of the molecule is Cc1ccccc1N1C(=O)c2ccc(C(=O)OCC(=O)C=C3N(C)c4ccccc4C3(C)C)cc2C1=O. The van der Waals surface area contributed by atoms with E-state index in [1.165, 1.54) is 24.3 Å². The van der Waals surface area contributed by atoms with Crippen LogP contribution in [0.4, 0.5) is 11.4 Å². The molecule has 0 radical (unpaired) electrons. The number of hydrogen-bond donors (Lipinski definition) is 0. The molecule has 2 aliphatic rings. The lowest BCUT2D eigenvalue weighted by molar-refractivity contribution is -0.117. The molecule has 0 aromatic heterocycles. The van der Waals surface area contributed by atoms with Crippen LogP contribution < -0.4 is 9.80 Å². The molecule has 0 saturated carbocycles. The molecule has 0 bridgehead atoms. The second-order valence-corrected chi connectivity index (χ2v) is 9.77. The van der Waals surface area contributed by atoms with Crippen molar-refractivity contribution in [3.8, 4) is 0 Å². The molecule has 0 aliphatic carbocycles. The standard InChI is InChI=1S/C30H26N2O5/c1-18-9-5-7-11-24(18)32-27(34)21-14-13-19(15-22(21)28(32)35)29(36)37-17-20(33)16-26-30(2,3)23-10-6-8-12-25(23)31(26)4/h5-16H,17H2,1-4H3. The molecule has 0 unspecified atom stereocenters. The number of benzene rings is 3. The van der Waals surface area contributed by atoms with E-state index in [0.29, 0.717) is 5.69 Å². The van der Waals surface area contributed by atoms with Gasteiger partial charge in [-0.05, 0) is 48.4 Å². The Morgan fingerprint density at radius 1 is 0.892 bits per heavy atom. The summed E-state index contributed by atoms with van der Waals surface area (Å²) in [4.78, 5) is 54.5. The van der Waals surface area contributed by atoms with E-state index in [-0.39, 0.29) is 27.9 Å². The van der Waals surface area contributed by atoms with Crippen molar-refractivity contribution in [2.24, 2.45) is 0 Å². The van der Waals surface area contributed by atoms with Crippen molar-refractivity contribution < 1.29 is 23.9 Å². The van der Waals surface area contributed by atoms with Crippen LogP contribution in [0.5, 0.6) is 0 Å². The third kappa shape index (κ3) is 3.93. The van der Waals surface area contributed by atoms with Gasteiger partial charge in [0.1, 0.15) is 0 Å². The Hall–Kier alpha value is -4.52. The van der Waals surface area contributed by atoms with Crippen molar-refractivity contribution in [3.63, 3.8) is 0 Å². The lowest BCUT2D eigenvalue weighted by Gasteiger charge is -2.23. The summed E-state index contributed by atoms with van der Waals surface area (Å²) >= 11 is 0. The van der Waals surface area contributed by atoms with Gasteiger partial charge in [-0.25, -0.2) is 9.69 Å². The highest BCUT2D eigenvalue weighted by molar-refractivity contribution is 6.35. The molecule has 0 N–H and O–H groups in total. The number of carbonyl (C=O) groups excluding carboxylic acids is 4. The average molecular weight is 495 g/mol. The van der Waals surface area contributed by atoms with E-state index in [1.807, 2.05) is 69.1 Å². The zero-order valence-electron chi connectivity index (χ0n) is 21.1. The topological polar surface area (TPSA) is 84.0 Å². The summed E-state index contributed by atoms with van der Waals surface area (Å²) in [5, 5.41) is 0. The molecule has 5 rings (SSSR count). The molecule has 7 heteroatoms. The van der Waals surface area contributed by atoms with Crippen molar-refractivity contribution in [3.05, 3.63) is 106 Å².